The van der Waals surface area contributed by atoms with Crippen molar-refractivity contribution in [1.82, 2.24) is 19.7 Å². The Balaban J connectivity index is 2.48. The van der Waals surface area contributed by atoms with E-state index in [0.717, 1.165) is 17.2 Å². The van der Waals surface area contributed by atoms with E-state index < -0.39 is 0 Å². The molecule has 0 atom stereocenters. The van der Waals surface area contributed by atoms with Gasteiger partial charge in [-0.15, -0.1) is 0 Å². The second-order valence-corrected chi connectivity index (χ2v) is 4.08. The highest BCUT2D eigenvalue weighted by Crippen LogP contribution is 2.20. The van der Waals surface area contributed by atoms with E-state index >= 15 is 0 Å². The fourth-order valence-electron chi connectivity index (χ4n) is 1.48. The summed E-state index contributed by atoms with van der Waals surface area (Å²) in [6.45, 7) is 4.13. The van der Waals surface area contributed by atoms with Gasteiger partial charge in [-0.2, -0.15) is 5.10 Å². The lowest BCUT2D eigenvalue weighted by molar-refractivity contribution is 0.712. The van der Waals surface area contributed by atoms with Crippen LogP contribution in [0.3, 0.4) is 0 Å². The first kappa shape index (κ1) is 10.6. The highest BCUT2D eigenvalue weighted by atomic mass is 15.3. The molecule has 2 N–H and O–H groups in total. The van der Waals surface area contributed by atoms with Gasteiger partial charge in [-0.1, -0.05) is 13.8 Å². The summed E-state index contributed by atoms with van der Waals surface area (Å²) in [6, 6.07) is 1.85. The Morgan fingerprint density at radius 3 is 2.62 bits per heavy atom. The van der Waals surface area contributed by atoms with Crippen LogP contribution in [0.1, 0.15) is 25.6 Å². The van der Waals surface area contributed by atoms with E-state index in [0.29, 0.717) is 11.6 Å². The molecule has 0 amide bonds. The van der Waals surface area contributed by atoms with Crippen LogP contribution >= 0.6 is 0 Å². The Morgan fingerprint density at radius 2 is 2.06 bits per heavy atom. The second kappa shape index (κ2) is 3.92. The van der Waals surface area contributed by atoms with Crippen molar-refractivity contribution in [1.29, 1.82) is 0 Å². The Labute approximate surface area is 94.3 Å². The molecule has 0 bridgehead atoms. The van der Waals surface area contributed by atoms with Crippen LogP contribution in [0.15, 0.2) is 18.5 Å². The maximum atomic E-state index is 5.69. The van der Waals surface area contributed by atoms with E-state index in [1.54, 1.807) is 17.1 Å². The smallest absolute Gasteiger partial charge is 0.159 e. The number of rotatable bonds is 2. The standard InChI is InChI=1S/C11H15N5/c1-7(2)10-14-11(16(3)15-10)8-4-9(12)6-13-5-8/h4-7H,12H2,1-3H3. The van der Waals surface area contributed by atoms with Crippen molar-refractivity contribution in [2.24, 2.45) is 7.05 Å². The lowest BCUT2D eigenvalue weighted by atomic mass is 10.2. The van der Waals surface area contributed by atoms with Gasteiger partial charge in [0.25, 0.3) is 0 Å². The minimum atomic E-state index is 0.314. The average molecular weight is 217 g/mol. The maximum absolute atomic E-state index is 5.69. The first-order valence-corrected chi connectivity index (χ1v) is 5.19. The van der Waals surface area contributed by atoms with Crippen molar-refractivity contribution < 1.29 is 0 Å². The van der Waals surface area contributed by atoms with Gasteiger partial charge in [-0.25, -0.2) is 9.67 Å². The fourth-order valence-corrected chi connectivity index (χ4v) is 1.48. The average Bonchev–Trinajstić information content (AvgIpc) is 2.60. The lowest BCUT2D eigenvalue weighted by Crippen LogP contribution is -1.96. The van der Waals surface area contributed by atoms with Crippen molar-refractivity contribution in [3.8, 4) is 11.4 Å². The second-order valence-electron chi connectivity index (χ2n) is 4.08. The molecule has 84 valence electrons. The molecular weight excluding hydrogens is 202 g/mol. The van der Waals surface area contributed by atoms with E-state index in [2.05, 4.69) is 28.9 Å². The van der Waals surface area contributed by atoms with Gasteiger partial charge in [0.2, 0.25) is 0 Å². The number of hydrogen-bond acceptors (Lipinski definition) is 4. The maximum Gasteiger partial charge on any atom is 0.159 e. The third-order valence-corrected chi connectivity index (χ3v) is 2.31. The van der Waals surface area contributed by atoms with Gasteiger partial charge >= 0.3 is 0 Å². The first-order valence-electron chi connectivity index (χ1n) is 5.19. The van der Waals surface area contributed by atoms with Gasteiger partial charge < -0.3 is 5.73 Å². The molecule has 0 aliphatic rings. The Hall–Kier alpha value is -1.91. The van der Waals surface area contributed by atoms with Crippen molar-refractivity contribution in [2.75, 3.05) is 5.73 Å². The summed E-state index contributed by atoms with van der Waals surface area (Å²) < 4.78 is 1.76. The van der Waals surface area contributed by atoms with Crippen LogP contribution in [-0.4, -0.2) is 19.7 Å². The molecule has 0 aromatic carbocycles. The van der Waals surface area contributed by atoms with E-state index in [4.69, 9.17) is 5.73 Å². The summed E-state index contributed by atoms with van der Waals surface area (Å²) in [6.07, 6.45) is 3.35. The first-order chi connectivity index (χ1) is 7.58. The molecule has 5 heteroatoms. The van der Waals surface area contributed by atoms with E-state index in [9.17, 15) is 0 Å². The highest BCUT2D eigenvalue weighted by Gasteiger charge is 2.12. The lowest BCUT2D eigenvalue weighted by Gasteiger charge is -1.99. The zero-order valence-electron chi connectivity index (χ0n) is 9.68. The summed E-state index contributed by atoms with van der Waals surface area (Å²) in [7, 11) is 1.87. The van der Waals surface area contributed by atoms with Crippen LogP contribution in [0.2, 0.25) is 0 Å². The number of hydrogen-bond donors (Lipinski definition) is 1. The number of pyridine rings is 1. The number of aryl methyl sites for hydroxylation is 1. The van der Waals surface area contributed by atoms with Crippen LogP contribution in [0.5, 0.6) is 0 Å². The molecule has 0 spiro atoms. The predicted molar refractivity (Wildman–Crippen MR) is 62.7 cm³/mol. The fraction of sp³-hybridized carbons (Fsp3) is 0.364. The molecule has 5 nitrogen and oxygen atoms in total. The van der Waals surface area contributed by atoms with Gasteiger partial charge in [0, 0.05) is 30.9 Å². The van der Waals surface area contributed by atoms with Crippen LogP contribution in [0.4, 0.5) is 5.69 Å². The SMILES string of the molecule is CC(C)c1nc(-c2cncc(N)c2)n(C)n1. The summed E-state index contributed by atoms with van der Waals surface area (Å²) in [5.74, 6) is 1.94. The van der Waals surface area contributed by atoms with Crippen LogP contribution in [0.25, 0.3) is 11.4 Å². The Morgan fingerprint density at radius 1 is 1.31 bits per heavy atom. The van der Waals surface area contributed by atoms with E-state index in [1.807, 2.05) is 13.1 Å². The quantitative estimate of drug-likeness (QED) is 0.829. The van der Waals surface area contributed by atoms with Crippen LogP contribution in [-0.2, 0) is 7.05 Å². The highest BCUT2D eigenvalue weighted by molar-refractivity contribution is 5.59. The third-order valence-electron chi connectivity index (χ3n) is 2.31. The normalized spacial score (nSPS) is 11.0. The summed E-state index contributed by atoms with van der Waals surface area (Å²) in [4.78, 5) is 8.53. The molecule has 2 heterocycles. The Kier molecular flexibility index (Phi) is 2.60. The molecule has 0 saturated heterocycles. The third kappa shape index (κ3) is 1.88. The molecule has 0 aliphatic heterocycles. The molecule has 2 aromatic heterocycles. The zero-order valence-corrected chi connectivity index (χ0v) is 9.68. The number of nitrogens with zero attached hydrogens (tertiary/aromatic N) is 4. The monoisotopic (exact) mass is 217 g/mol. The Bertz CT molecular complexity index is 501. The van der Waals surface area contributed by atoms with Crippen molar-refractivity contribution in [3.63, 3.8) is 0 Å². The number of aromatic nitrogens is 4. The molecule has 16 heavy (non-hydrogen) atoms. The minimum absolute atomic E-state index is 0.314. The molecule has 0 saturated carbocycles. The molecule has 0 fully saturated rings. The molecule has 0 aliphatic carbocycles. The number of anilines is 1. The van der Waals surface area contributed by atoms with Gasteiger partial charge in [-0.3, -0.25) is 4.98 Å². The minimum Gasteiger partial charge on any atom is -0.397 e. The van der Waals surface area contributed by atoms with Crippen molar-refractivity contribution in [2.45, 2.75) is 19.8 Å². The zero-order chi connectivity index (χ0) is 11.7. The van der Waals surface area contributed by atoms with Crippen LogP contribution < -0.4 is 5.73 Å². The van der Waals surface area contributed by atoms with E-state index in [1.165, 1.54) is 0 Å². The van der Waals surface area contributed by atoms with Crippen molar-refractivity contribution >= 4 is 5.69 Å². The summed E-state index contributed by atoms with van der Waals surface area (Å²) in [5.41, 5.74) is 7.21. The molecule has 0 radical (unpaired) electrons. The topological polar surface area (TPSA) is 69.6 Å². The van der Waals surface area contributed by atoms with Crippen LogP contribution in [0, 0.1) is 0 Å². The van der Waals surface area contributed by atoms with Gasteiger partial charge in [0.05, 0.1) is 5.69 Å². The van der Waals surface area contributed by atoms with Gasteiger partial charge in [0.1, 0.15) is 0 Å². The predicted octanol–water partition coefficient (Wildman–Crippen LogP) is 1.58. The summed E-state index contributed by atoms with van der Waals surface area (Å²) in [5, 5.41) is 4.35. The summed E-state index contributed by atoms with van der Waals surface area (Å²) >= 11 is 0. The van der Waals surface area contributed by atoms with Crippen molar-refractivity contribution in [3.05, 3.63) is 24.3 Å². The molecule has 2 rings (SSSR count). The van der Waals surface area contributed by atoms with E-state index in [-0.39, 0.29) is 0 Å². The molecule has 0 unspecified atom stereocenters. The number of nitrogen functional groups attached to an aromatic ring is 1. The molecule has 2 aromatic rings. The number of nitrogens with two attached hydrogens (primary N) is 1. The van der Waals surface area contributed by atoms with Gasteiger partial charge in [-0.05, 0) is 6.07 Å². The largest absolute Gasteiger partial charge is 0.397 e. The van der Waals surface area contributed by atoms with Gasteiger partial charge in [0.15, 0.2) is 11.6 Å². The molecular formula is C11H15N5.